The number of non-ortho nitro benzene ring substituents is 1. The van der Waals surface area contributed by atoms with Crippen LogP contribution in [0.2, 0.25) is 0 Å². The lowest BCUT2D eigenvalue weighted by Gasteiger charge is -2.31. The van der Waals surface area contributed by atoms with Crippen molar-refractivity contribution in [3.05, 3.63) is 75.1 Å². The zero-order chi connectivity index (χ0) is 25.7. The summed E-state index contributed by atoms with van der Waals surface area (Å²) in [5.41, 5.74) is 1.33. The third-order valence-corrected chi connectivity index (χ3v) is 5.48. The number of nitrogens with zero attached hydrogens (tertiary/aromatic N) is 3. The summed E-state index contributed by atoms with van der Waals surface area (Å²) in [7, 11) is 1.22. The Hall–Kier alpha value is -4.41. The molecule has 0 radical (unpaired) electrons. The van der Waals surface area contributed by atoms with E-state index in [9.17, 15) is 24.5 Å². The van der Waals surface area contributed by atoms with Crippen LogP contribution in [0.4, 0.5) is 11.5 Å². The van der Waals surface area contributed by atoms with Crippen LogP contribution in [-0.2, 0) is 19.1 Å². The van der Waals surface area contributed by atoms with Crippen LogP contribution in [0.1, 0.15) is 42.6 Å². The van der Waals surface area contributed by atoms with Crippen molar-refractivity contribution >= 4 is 35.1 Å². The molecule has 35 heavy (non-hydrogen) atoms. The maximum Gasteiger partial charge on any atom is 0.339 e. The zero-order valence-electron chi connectivity index (χ0n) is 19.6. The van der Waals surface area contributed by atoms with Gasteiger partial charge in [-0.3, -0.25) is 24.7 Å². The molecule has 2 atom stereocenters. The number of carbonyl (C=O) groups is 3. The highest BCUT2D eigenvalue weighted by atomic mass is 16.6. The highest BCUT2D eigenvalue weighted by Gasteiger charge is 2.42. The topological polar surface area (TPSA) is 150 Å². The Labute approximate surface area is 201 Å². The number of benzene rings is 1. The zero-order valence-corrected chi connectivity index (χ0v) is 19.6. The molecule has 1 N–H and O–H groups in total. The van der Waals surface area contributed by atoms with Crippen molar-refractivity contribution in [3.8, 4) is 0 Å². The van der Waals surface area contributed by atoms with Gasteiger partial charge in [0.25, 0.3) is 11.6 Å². The Kier molecular flexibility index (Phi) is 7.69. The third-order valence-electron chi connectivity index (χ3n) is 5.48. The normalized spacial score (nSPS) is 17.3. The van der Waals surface area contributed by atoms with E-state index >= 15 is 0 Å². The largest absolute Gasteiger partial charge is 0.468 e. The number of amides is 1. The number of aromatic nitrogens is 1. The minimum Gasteiger partial charge on any atom is -0.468 e. The Bertz CT molecular complexity index is 1230. The number of hydrogen-bond donors (Lipinski definition) is 1. The number of hydrogen-bond acceptors (Lipinski definition) is 9. The molecule has 2 unspecified atom stereocenters. The average molecular weight is 480 g/mol. The first-order valence-electron chi connectivity index (χ1n) is 10.7. The minimum absolute atomic E-state index is 0.141. The van der Waals surface area contributed by atoms with Crippen molar-refractivity contribution in [2.24, 2.45) is 10.9 Å². The van der Waals surface area contributed by atoms with E-state index in [0.717, 1.165) is 0 Å². The van der Waals surface area contributed by atoms with Gasteiger partial charge in [-0.25, -0.2) is 9.78 Å². The molecule has 1 amide bonds. The Morgan fingerprint density at radius 1 is 1.17 bits per heavy atom. The predicted molar refractivity (Wildman–Crippen MR) is 126 cm³/mol. The molecule has 11 nitrogen and oxygen atoms in total. The van der Waals surface area contributed by atoms with Crippen LogP contribution in [0.3, 0.4) is 0 Å². The fraction of sp³-hybridized carbons (Fsp3) is 0.292. The van der Waals surface area contributed by atoms with Crippen molar-refractivity contribution in [3.63, 3.8) is 0 Å². The van der Waals surface area contributed by atoms with E-state index in [0.29, 0.717) is 17.0 Å². The molecule has 182 valence electrons. The fourth-order valence-electron chi connectivity index (χ4n) is 3.94. The Morgan fingerprint density at radius 2 is 1.91 bits per heavy atom. The maximum absolute atomic E-state index is 13.4. The van der Waals surface area contributed by atoms with Crippen molar-refractivity contribution < 1.29 is 28.8 Å². The second-order valence-corrected chi connectivity index (χ2v) is 7.69. The molecule has 0 fully saturated rings. The molecular weight excluding hydrogens is 456 g/mol. The number of nitro groups is 1. The maximum atomic E-state index is 13.4. The predicted octanol–water partition coefficient (Wildman–Crippen LogP) is 3.43. The van der Waals surface area contributed by atoms with E-state index in [4.69, 9.17) is 9.47 Å². The third kappa shape index (κ3) is 5.40. The number of carbonyl (C=O) groups excluding carboxylic acids is 3. The van der Waals surface area contributed by atoms with E-state index in [-0.39, 0.29) is 29.2 Å². The highest BCUT2D eigenvalue weighted by Crippen LogP contribution is 2.40. The van der Waals surface area contributed by atoms with Crippen LogP contribution in [0.25, 0.3) is 0 Å². The number of pyridine rings is 1. The van der Waals surface area contributed by atoms with Gasteiger partial charge in [0.15, 0.2) is 0 Å². The van der Waals surface area contributed by atoms with Gasteiger partial charge < -0.3 is 14.8 Å². The molecule has 2 aromatic rings. The number of ether oxygens (including phenoxy) is 2. The van der Waals surface area contributed by atoms with Gasteiger partial charge in [0.1, 0.15) is 11.7 Å². The summed E-state index contributed by atoms with van der Waals surface area (Å²) in [6.45, 7) is 5.15. The summed E-state index contributed by atoms with van der Waals surface area (Å²) in [4.78, 5) is 57.3. The van der Waals surface area contributed by atoms with Crippen molar-refractivity contribution in [2.75, 3.05) is 19.0 Å². The molecule has 11 heteroatoms. The van der Waals surface area contributed by atoms with Crippen LogP contribution < -0.4 is 5.32 Å². The van der Waals surface area contributed by atoms with E-state index in [2.05, 4.69) is 15.3 Å². The molecule has 1 aliphatic rings. The molecule has 3 rings (SSSR count). The number of allylic oxidation sites excluding steroid dienone is 1. The van der Waals surface area contributed by atoms with Gasteiger partial charge in [0, 0.05) is 41.2 Å². The van der Waals surface area contributed by atoms with E-state index in [1.165, 1.54) is 43.6 Å². The van der Waals surface area contributed by atoms with Crippen LogP contribution in [0.5, 0.6) is 0 Å². The van der Waals surface area contributed by atoms with Gasteiger partial charge in [0.05, 0.1) is 24.2 Å². The fourth-order valence-corrected chi connectivity index (χ4v) is 3.94. The van der Waals surface area contributed by atoms with Crippen LogP contribution in [0, 0.1) is 16.0 Å². The summed E-state index contributed by atoms with van der Waals surface area (Å²) in [5, 5.41) is 14.0. The number of nitro benzene ring substituents is 1. The molecular formula is C24H24N4O7. The Balaban J connectivity index is 2.02. The molecule has 0 saturated carbocycles. The number of esters is 2. The van der Waals surface area contributed by atoms with Crippen molar-refractivity contribution in [2.45, 2.75) is 26.7 Å². The highest BCUT2D eigenvalue weighted by molar-refractivity contribution is 6.11. The van der Waals surface area contributed by atoms with E-state index in [1.807, 2.05) is 0 Å². The summed E-state index contributed by atoms with van der Waals surface area (Å²) in [5.74, 6) is -3.47. The molecule has 1 aliphatic heterocycles. The SMILES string of the molecule is CCOC(=O)c1ccc(NC(=O)C2=C(C)N=C(C)C(C(=O)OC)C2c2cccc([N+](=O)[O-])c2)nc1. The van der Waals surface area contributed by atoms with E-state index < -0.39 is 34.6 Å². The quantitative estimate of drug-likeness (QED) is 0.360. The smallest absolute Gasteiger partial charge is 0.339 e. The lowest BCUT2D eigenvalue weighted by Crippen LogP contribution is -2.37. The number of anilines is 1. The lowest BCUT2D eigenvalue weighted by molar-refractivity contribution is -0.384. The summed E-state index contributed by atoms with van der Waals surface area (Å²) in [6.07, 6.45) is 1.27. The standard InChI is InChI=1S/C24H24N4O7/c1-5-35-23(30)16-9-10-18(25-12-16)27-22(29)19-13(2)26-14(3)20(24(31)34-4)21(19)15-7-6-8-17(11-15)28(32)33/h6-12,20-21H,5H2,1-4H3,(H,25,27,29). The first kappa shape index (κ1) is 25.2. The number of nitrogens with one attached hydrogen (secondary N) is 1. The summed E-state index contributed by atoms with van der Waals surface area (Å²) < 4.78 is 9.88. The van der Waals surface area contributed by atoms with Crippen LogP contribution in [-0.4, -0.2) is 47.2 Å². The molecule has 0 saturated heterocycles. The van der Waals surface area contributed by atoms with Crippen molar-refractivity contribution in [1.29, 1.82) is 0 Å². The average Bonchev–Trinajstić information content (AvgIpc) is 2.83. The van der Waals surface area contributed by atoms with Gasteiger partial charge in [-0.2, -0.15) is 0 Å². The minimum atomic E-state index is -0.967. The second kappa shape index (κ2) is 10.7. The molecule has 0 spiro atoms. The monoisotopic (exact) mass is 480 g/mol. The lowest BCUT2D eigenvalue weighted by atomic mass is 9.75. The Morgan fingerprint density at radius 3 is 2.51 bits per heavy atom. The van der Waals surface area contributed by atoms with Gasteiger partial charge in [0.2, 0.25) is 0 Å². The first-order valence-corrected chi connectivity index (χ1v) is 10.7. The molecule has 1 aromatic carbocycles. The van der Waals surface area contributed by atoms with Crippen molar-refractivity contribution in [1.82, 2.24) is 4.98 Å². The van der Waals surface area contributed by atoms with E-state index in [1.54, 1.807) is 26.8 Å². The summed E-state index contributed by atoms with van der Waals surface area (Å²) >= 11 is 0. The molecule has 0 aliphatic carbocycles. The van der Waals surface area contributed by atoms with Gasteiger partial charge in [-0.15, -0.1) is 0 Å². The first-order chi connectivity index (χ1) is 16.7. The second-order valence-electron chi connectivity index (χ2n) is 7.69. The summed E-state index contributed by atoms with van der Waals surface area (Å²) in [6, 6.07) is 8.65. The van der Waals surface area contributed by atoms with Crippen LogP contribution in [0.15, 0.2) is 58.9 Å². The molecule has 2 heterocycles. The molecule has 1 aromatic heterocycles. The van der Waals surface area contributed by atoms with Gasteiger partial charge in [-0.05, 0) is 38.5 Å². The molecule has 0 bridgehead atoms. The number of rotatable bonds is 7. The number of aliphatic imine (C=N–C) groups is 1. The van der Waals surface area contributed by atoms with Crippen LogP contribution >= 0.6 is 0 Å². The number of methoxy groups -OCH3 is 1. The van der Waals surface area contributed by atoms with Gasteiger partial charge >= 0.3 is 11.9 Å². The van der Waals surface area contributed by atoms with Gasteiger partial charge in [-0.1, -0.05) is 12.1 Å².